The fraction of sp³-hybridized carbons (Fsp3) is 0.0833. The van der Waals surface area contributed by atoms with E-state index in [1.165, 1.54) is 0 Å². The van der Waals surface area contributed by atoms with Crippen molar-refractivity contribution in [1.29, 1.82) is 0 Å². The van der Waals surface area contributed by atoms with E-state index in [1.807, 2.05) is 43.3 Å². The van der Waals surface area contributed by atoms with Crippen molar-refractivity contribution in [2.45, 2.75) is 13.5 Å². The molecule has 1 fully saturated rings. The summed E-state index contributed by atoms with van der Waals surface area (Å²) in [7, 11) is 0. The van der Waals surface area contributed by atoms with Gasteiger partial charge in [0, 0.05) is 15.1 Å². The topological polar surface area (TPSA) is 58.6 Å². The van der Waals surface area contributed by atoms with Gasteiger partial charge in [-0.15, -0.1) is 0 Å². The second-order valence-corrected chi connectivity index (χ2v) is 8.42. The summed E-state index contributed by atoms with van der Waals surface area (Å²) < 4.78 is 6.84. The lowest BCUT2D eigenvalue weighted by Gasteiger charge is -2.12. The van der Waals surface area contributed by atoms with Gasteiger partial charge in [0.25, 0.3) is 5.91 Å². The van der Waals surface area contributed by atoms with Gasteiger partial charge in [-0.05, 0) is 61.0 Å². The minimum absolute atomic E-state index is 0.165. The number of anilines is 1. The highest BCUT2D eigenvalue weighted by molar-refractivity contribution is 9.10. The van der Waals surface area contributed by atoms with E-state index in [9.17, 15) is 9.59 Å². The summed E-state index contributed by atoms with van der Waals surface area (Å²) in [5.74, 6) is 0.154. The van der Waals surface area contributed by atoms with Gasteiger partial charge in [0.15, 0.2) is 0 Å². The van der Waals surface area contributed by atoms with Crippen molar-refractivity contribution >= 4 is 51.2 Å². The smallest absolute Gasteiger partial charge is 0.333 e. The molecule has 0 bridgehead atoms. The van der Waals surface area contributed by atoms with Crippen LogP contribution in [0.4, 0.5) is 10.5 Å². The molecule has 1 N–H and O–H groups in total. The van der Waals surface area contributed by atoms with Crippen LogP contribution in [0.3, 0.4) is 0 Å². The van der Waals surface area contributed by atoms with Gasteiger partial charge in [-0.3, -0.25) is 4.79 Å². The van der Waals surface area contributed by atoms with Gasteiger partial charge in [-0.2, -0.15) is 0 Å². The fourth-order valence-corrected chi connectivity index (χ4v) is 3.75. The molecule has 7 heteroatoms. The van der Waals surface area contributed by atoms with Crippen LogP contribution in [0.2, 0.25) is 5.02 Å². The molecule has 3 aromatic carbocycles. The molecule has 4 rings (SSSR count). The lowest BCUT2D eigenvalue weighted by molar-refractivity contribution is -0.113. The highest BCUT2D eigenvalue weighted by atomic mass is 79.9. The van der Waals surface area contributed by atoms with Gasteiger partial charge in [0.2, 0.25) is 0 Å². The largest absolute Gasteiger partial charge is 0.488 e. The standard InChI is InChI=1S/C24H18BrClN2O3/c1-15-3-2-4-16(11-15)14-31-22-10-5-18(25)12-17(22)13-21-23(29)28(24(30)27-21)20-8-6-19(26)7-9-20/h2-13H,14H2,1H3,(H,27,30)/b21-13+. The Morgan fingerprint density at radius 3 is 2.58 bits per heavy atom. The van der Waals surface area contributed by atoms with Gasteiger partial charge in [0.05, 0.1) is 5.69 Å². The number of nitrogens with zero attached hydrogens (tertiary/aromatic N) is 1. The highest BCUT2D eigenvalue weighted by Gasteiger charge is 2.35. The average molecular weight is 498 g/mol. The lowest BCUT2D eigenvalue weighted by atomic mass is 10.1. The van der Waals surface area contributed by atoms with Crippen LogP contribution in [0.25, 0.3) is 6.08 Å². The Balaban J connectivity index is 1.60. The van der Waals surface area contributed by atoms with E-state index >= 15 is 0 Å². The van der Waals surface area contributed by atoms with Crippen LogP contribution in [0.15, 0.2) is 76.9 Å². The quantitative estimate of drug-likeness (QED) is 0.343. The number of carbonyl (C=O) groups is 2. The summed E-state index contributed by atoms with van der Waals surface area (Å²) in [5.41, 5.74) is 3.48. The number of nitrogens with one attached hydrogen (secondary N) is 1. The molecule has 0 aliphatic carbocycles. The Kier molecular flexibility index (Phi) is 6.11. The predicted octanol–water partition coefficient (Wildman–Crippen LogP) is 6.09. The van der Waals surface area contributed by atoms with E-state index in [0.29, 0.717) is 28.6 Å². The fourth-order valence-electron chi connectivity index (χ4n) is 3.24. The number of halogens is 2. The van der Waals surface area contributed by atoms with Crippen LogP contribution in [-0.2, 0) is 11.4 Å². The number of hydrogen-bond donors (Lipinski definition) is 1. The zero-order valence-corrected chi connectivity index (χ0v) is 18.9. The normalized spacial score (nSPS) is 14.8. The third-order valence-corrected chi connectivity index (χ3v) is 5.46. The molecule has 0 radical (unpaired) electrons. The summed E-state index contributed by atoms with van der Waals surface area (Å²) in [6.45, 7) is 2.41. The second kappa shape index (κ2) is 8.96. The number of rotatable bonds is 5. The maximum atomic E-state index is 12.9. The van der Waals surface area contributed by atoms with Crippen LogP contribution in [0.5, 0.6) is 5.75 Å². The molecule has 31 heavy (non-hydrogen) atoms. The summed E-state index contributed by atoms with van der Waals surface area (Å²) in [6.07, 6.45) is 1.62. The zero-order valence-electron chi connectivity index (χ0n) is 16.6. The molecule has 5 nitrogen and oxygen atoms in total. The Morgan fingerprint density at radius 1 is 1.06 bits per heavy atom. The molecule has 0 saturated carbocycles. The molecular weight excluding hydrogens is 480 g/mol. The summed E-state index contributed by atoms with van der Waals surface area (Å²) in [6, 6.07) is 19.6. The van der Waals surface area contributed by atoms with Crippen molar-refractivity contribution < 1.29 is 14.3 Å². The van der Waals surface area contributed by atoms with Crippen molar-refractivity contribution in [3.63, 3.8) is 0 Å². The van der Waals surface area contributed by atoms with Gasteiger partial charge >= 0.3 is 6.03 Å². The number of carbonyl (C=O) groups excluding carboxylic acids is 2. The van der Waals surface area contributed by atoms with Crippen LogP contribution in [0.1, 0.15) is 16.7 Å². The minimum Gasteiger partial charge on any atom is -0.488 e. The Bertz CT molecular complexity index is 1190. The SMILES string of the molecule is Cc1cccc(COc2ccc(Br)cc2/C=C2/NC(=O)N(c3ccc(Cl)cc3)C2=O)c1. The second-order valence-electron chi connectivity index (χ2n) is 7.07. The first-order valence-electron chi connectivity index (χ1n) is 9.51. The molecule has 1 aliphatic rings. The van der Waals surface area contributed by atoms with Crippen molar-refractivity contribution in [2.75, 3.05) is 4.90 Å². The third-order valence-electron chi connectivity index (χ3n) is 4.71. The molecular formula is C24H18BrClN2O3. The molecule has 3 amide bonds. The van der Waals surface area contributed by atoms with Crippen molar-refractivity contribution in [1.82, 2.24) is 5.32 Å². The average Bonchev–Trinajstić information content (AvgIpc) is 3.01. The van der Waals surface area contributed by atoms with Gasteiger partial charge in [0.1, 0.15) is 18.1 Å². The molecule has 1 aliphatic heterocycles. The van der Waals surface area contributed by atoms with Crippen LogP contribution >= 0.6 is 27.5 Å². The van der Waals surface area contributed by atoms with Crippen molar-refractivity contribution in [3.8, 4) is 5.75 Å². The number of benzene rings is 3. The number of urea groups is 1. The van der Waals surface area contributed by atoms with Gasteiger partial charge in [-0.1, -0.05) is 57.4 Å². The maximum Gasteiger partial charge on any atom is 0.333 e. The van der Waals surface area contributed by atoms with Crippen LogP contribution in [-0.4, -0.2) is 11.9 Å². The van der Waals surface area contributed by atoms with Gasteiger partial charge in [-0.25, -0.2) is 9.69 Å². The molecule has 0 atom stereocenters. The molecule has 3 aromatic rings. The zero-order chi connectivity index (χ0) is 22.0. The first kappa shape index (κ1) is 21.2. The molecule has 1 heterocycles. The first-order valence-corrected chi connectivity index (χ1v) is 10.7. The Labute approximate surface area is 193 Å². The molecule has 1 saturated heterocycles. The minimum atomic E-state index is -0.518. The Morgan fingerprint density at radius 2 is 1.84 bits per heavy atom. The van der Waals surface area contributed by atoms with E-state index < -0.39 is 11.9 Å². The Hall–Kier alpha value is -3.09. The number of ether oxygens (including phenoxy) is 1. The highest BCUT2D eigenvalue weighted by Crippen LogP contribution is 2.29. The van der Waals surface area contributed by atoms with E-state index in [4.69, 9.17) is 16.3 Å². The third kappa shape index (κ3) is 4.81. The monoisotopic (exact) mass is 496 g/mol. The first-order chi connectivity index (χ1) is 14.9. The van der Waals surface area contributed by atoms with E-state index in [-0.39, 0.29) is 5.70 Å². The lowest BCUT2D eigenvalue weighted by Crippen LogP contribution is -2.30. The van der Waals surface area contributed by atoms with Crippen LogP contribution < -0.4 is 15.0 Å². The van der Waals surface area contributed by atoms with E-state index in [0.717, 1.165) is 20.5 Å². The number of hydrogen-bond acceptors (Lipinski definition) is 3. The van der Waals surface area contributed by atoms with Gasteiger partial charge < -0.3 is 10.1 Å². The van der Waals surface area contributed by atoms with Crippen molar-refractivity contribution in [2.24, 2.45) is 0 Å². The van der Waals surface area contributed by atoms with Crippen LogP contribution in [0, 0.1) is 6.92 Å². The number of aryl methyl sites for hydroxylation is 1. The van der Waals surface area contributed by atoms with Crippen molar-refractivity contribution in [3.05, 3.63) is 98.6 Å². The molecule has 0 unspecified atom stereocenters. The summed E-state index contributed by atoms with van der Waals surface area (Å²) in [4.78, 5) is 26.4. The molecule has 0 spiro atoms. The number of amides is 3. The number of imide groups is 1. The summed E-state index contributed by atoms with van der Waals surface area (Å²) in [5, 5.41) is 3.16. The van der Waals surface area contributed by atoms with E-state index in [2.05, 4.69) is 27.3 Å². The maximum absolute atomic E-state index is 12.9. The summed E-state index contributed by atoms with van der Waals surface area (Å²) >= 11 is 9.36. The molecule has 156 valence electrons. The van der Waals surface area contributed by atoms with E-state index in [1.54, 1.807) is 30.3 Å². The molecule has 0 aromatic heterocycles. The predicted molar refractivity (Wildman–Crippen MR) is 125 cm³/mol.